The summed E-state index contributed by atoms with van der Waals surface area (Å²) in [5.41, 5.74) is 0. The molecule has 144 valence electrons. The predicted octanol–water partition coefficient (Wildman–Crippen LogP) is 3.50. The average molecular weight is 443 g/mol. The van der Waals surface area contributed by atoms with E-state index in [-0.39, 0.29) is 16.7 Å². The zero-order valence-corrected chi connectivity index (χ0v) is 17.6. The van der Waals surface area contributed by atoms with E-state index in [1.54, 1.807) is 24.3 Å². The molecule has 1 aromatic rings. The highest BCUT2D eigenvalue weighted by Crippen LogP contribution is 2.28. The predicted molar refractivity (Wildman–Crippen MR) is 105 cm³/mol. The number of nitrogens with zero attached hydrogens (tertiary/aromatic N) is 2. The number of halogens is 1. The Morgan fingerprint density at radius 3 is 2.50 bits per heavy atom. The normalized spacial score (nSPS) is 25.2. The van der Waals surface area contributed by atoms with Gasteiger partial charge in [0, 0.05) is 30.7 Å². The number of carbonyl (C=O) groups excluding carboxylic acids is 1. The number of amides is 1. The molecule has 1 amide bonds. The lowest BCUT2D eigenvalue weighted by Gasteiger charge is -2.37. The Hall–Kier alpha value is -0.920. The van der Waals surface area contributed by atoms with Gasteiger partial charge in [0.25, 0.3) is 0 Å². The van der Waals surface area contributed by atoms with Gasteiger partial charge in [-0.15, -0.1) is 0 Å². The Balaban J connectivity index is 1.70. The summed E-state index contributed by atoms with van der Waals surface area (Å²) >= 11 is 3.33. The molecule has 2 aliphatic rings. The van der Waals surface area contributed by atoms with Crippen LogP contribution in [0.4, 0.5) is 0 Å². The molecule has 2 atom stereocenters. The van der Waals surface area contributed by atoms with Gasteiger partial charge < -0.3 is 4.90 Å². The molecule has 2 heterocycles. The molecular weight excluding hydrogens is 416 g/mol. The Morgan fingerprint density at radius 2 is 1.81 bits per heavy atom. The zero-order valence-electron chi connectivity index (χ0n) is 15.2. The van der Waals surface area contributed by atoms with Crippen LogP contribution in [0, 0.1) is 11.8 Å². The van der Waals surface area contributed by atoms with Crippen molar-refractivity contribution in [3.05, 3.63) is 28.7 Å². The molecule has 0 saturated carbocycles. The maximum atomic E-state index is 13.0. The molecule has 0 aromatic heterocycles. The van der Waals surface area contributed by atoms with Crippen molar-refractivity contribution in [2.45, 2.75) is 43.9 Å². The van der Waals surface area contributed by atoms with Crippen molar-refractivity contribution in [2.75, 3.05) is 26.2 Å². The lowest BCUT2D eigenvalue weighted by atomic mass is 9.92. The van der Waals surface area contributed by atoms with E-state index in [0.29, 0.717) is 19.0 Å². The third-order valence-electron chi connectivity index (χ3n) is 5.59. The van der Waals surface area contributed by atoms with Gasteiger partial charge in [-0.25, -0.2) is 8.42 Å². The third kappa shape index (κ3) is 4.31. The number of carbonyl (C=O) groups is 1. The lowest BCUT2D eigenvalue weighted by Crippen LogP contribution is -2.49. The maximum Gasteiger partial charge on any atom is 0.243 e. The molecular formula is C19H27BrN2O3S. The van der Waals surface area contributed by atoms with Crippen LogP contribution in [0.1, 0.15) is 39.0 Å². The second-order valence-corrected chi connectivity index (χ2v) is 10.2. The van der Waals surface area contributed by atoms with Crippen LogP contribution in [0.15, 0.2) is 33.6 Å². The molecule has 2 saturated heterocycles. The van der Waals surface area contributed by atoms with Crippen LogP contribution < -0.4 is 0 Å². The average Bonchev–Trinajstić information content (AvgIpc) is 2.68. The monoisotopic (exact) mass is 442 g/mol. The van der Waals surface area contributed by atoms with E-state index >= 15 is 0 Å². The Kier molecular flexibility index (Phi) is 6.41. The highest BCUT2D eigenvalue weighted by Gasteiger charge is 2.36. The van der Waals surface area contributed by atoms with Gasteiger partial charge in [-0.3, -0.25) is 4.79 Å². The summed E-state index contributed by atoms with van der Waals surface area (Å²) in [7, 11) is -3.55. The van der Waals surface area contributed by atoms with Crippen LogP contribution in [0.5, 0.6) is 0 Å². The Morgan fingerprint density at radius 1 is 1.12 bits per heavy atom. The van der Waals surface area contributed by atoms with Crippen molar-refractivity contribution in [2.24, 2.45) is 11.8 Å². The minimum atomic E-state index is -3.55. The first-order chi connectivity index (χ1) is 12.4. The zero-order chi connectivity index (χ0) is 18.7. The summed E-state index contributed by atoms with van der Waals surface area (Å²) in [6.07, 6.45) is 4.85. The molecule has 2 unspecified atom stereocenters. The molecule has 3 rings (SSSR count). The molecule has 0 N–H and O–H groups in total. The summed E-state index contributed by atoms with van der Waals surface area (Å²) in [6, 6.07) is 6.69. The van der Waals surface area contributed by atoms with Crippen LogP contribution in [-0.4, -0.2) is 49.7 Å². The Bertz CT molecular complexity index is 736. The van der Waals surface area contributed by atoms with Crippen molar-refractivity contribution in [1.29, 1.82) is 0 Å². The molecule has 2 fully saturated rings. The Labute approximate surface area is 164 Å². The second kappa shape index (κ2) is 8.40. The standard InChI is InChI=1S/C19H27BrN2O3S/c1-2-15-5-3-11-21(13-15)19(23)16-6-4-12-22(14-16)26(24,25)18-9-7-17(20)8-10-18/h7-10,15-16H,2-6,11-14H2,1H3. The van der Waals surface area contributed by atoms with Gasteiger partial charge in [0.15, 0.2) is 0 Å². The minimum absolute atomic E-state index is 0.138. The molecule has 2 aliphatic heterocycles. The fraction of sp³-hybridized carbons (Fsp3) is 0.632. The summed E-state index contributed by atoms with van der Waals surface area (Å²) in [5, 5.41) is 0. The van der Waals surface area contributed by atoms with Gasteiger partial charge in [-0.1, -0.05) is 29.3 Å². The maximum absolute atomic E-state index is 13.0. The van der Waals surface area contributed by atoms with E-state index in [1.165, 1.54) is 10.7 Å². The summed E-state index contributed by atoms with van der Waals surface area (Å²) in [5.74, 6) is 0.502. The smallest absolute Gasteiger partial charge is 0.243 e. The van der Waals surface area contributed by atoms with E-state index in [1.807, 2.05) is 4.90 Å². The van der Waals surface area contributed by atoms with E-state index in [4.69, 9.17) is 0 Å². The number of hydrogen-bond acceptors (Lipinski definition) is 3. The number of likely N-dealkylation sites (tertiary alicyclic amines) is 1. The van der Waals surface area contributed by atoms with E-state index in [0.717, 1.165) is 43.2 Å². The second-order valence-electron chi connectivity index (χ2n) is 7.36. The number of rotatable bonds is 4. The molecule has 0 radical (unpaired) electrons. The molecule has 26 heavy (non-hydrogen) atoms. The van der Waals surface area contributed by atoms with Gasteiger partial charge in [-0.05, 0) is 55.9 Å². The van der Waals surface area contributed by atoms with Gasteiger partial charge in [0.1, 0.15) is 0 Å². The topological polar surface area (TPSA) is 57.7 Å². The van der Waals surface area contributed by atoms with Gasteiger partial charge >= 0.3 is 0 Å². The van der Waals surface area contributed by atoms with Gasteiger partial charge in [-0.2, -0.15) is 4.31 Å². The van der Waals surface area contributed by atoms with Crippen LogP contribution >= 0.6 is 15.9 Å². The van der Waals surface area contributed by atoms with Crippen molar-refractivity contribution in [3.8, 4) is 0 Å². The van der Waals surface area contributed by atoms with Crippen LogP contribution in [-0.2, 0) is 14.8 Å². The first-order valence-electron chi connectivity index (χ1n) is 9.46. The van der Waals surface area contributed by atoms with Crippen LogP contribution in [0.3, 0.4) is 0 Å². The summed E-state index contributed by atoms with van der Waals surface area (Å²) in [4.78, 5) is 15.2. The first-order valence-corrected chi connectivity index (χ1v) is 11.7. The quantitative estimate of drug-likeness (QED) is 0.716. The van der Waals surface area contributed by atoms with E-state index < -0.39 is 10.0 Å². The van der Waals surface area contributed by atoms with Crippen molar-refractivity contribution in [1.82, 2.24) is 9.21 Å². The molecule has 0 spiro atoms. The summed E-state index contributed by atoms with van der Waals surface area (Å²) in [6.45, 7) is 4.59. The lowest BCUT2D eigenvalue weighted by molar-refractivity contribution is -0.138. The fourth-order valence-electron chi connectivity index (χ4n) is 3.97. The van der Waals surface area contributed by atoms with Crippen LogP contribution in [0.2, 0.25) is 0 Å². The van der Waals surface area contributed by atoms with E-state index in [9.17, 15) is 13.2 Å². The van der Waals surface area contributed by atoms with Gasteiger partial charge in [0.05, 0.1) is 10.8 Å². The largest absolute Gasteiger partial charge is 0.342 e. The highest BCUT2D eigenvalue weighted by atomic mass is 79.9. The number of benzene rings is 1. The SMILES string of the molecule is CCC1CCCN(C(=O)C2CCCN(S(=O)(=O)c3ccc(Br)cc3)C2)C1. The number of sulfonamides is 1. The molecule has 5 nitrogen and oxygen atoms in total. The third-order valence-corrected chi connectivity index (χ3v) is 8.00. The minimum Gasteiger partial charge on any atom is -0.342 e. The van der Waals surface area contributed by atoms with Crippen molar-refractivity contribution >= 4 is 31.9 Å². The molecule has 1 aromatic carbocycles. The highest BCUT2D eigenvalue weighted by molar-refractivity contribution is 9.10. The van der Waals surface area contributed by atoms with E-state index in [2.05, 4.69) is 22.9 Å². The van der Waals surface area contributed by atoms with Crippen molar-refractivity contribution < 1.29 is 13.2 Å². The molecule has 0 aliphatic carbocycles. The number of piperidine rings is 2. The molecule has 0 bridgehead atoms. The van der Waals surface area contributed by atoms with Crippen molar-refractivity contribution in [3.63, 3.8) is 0 Å². The summed E-state index contributed by atoms with van der Waals surface area (Å²) < 4.78 is 28.2. The first kappa shape index (κ1) is 19.8. The number of hydrogen-bond donors (Lipinski definition) is 0. The molecule has 7 heteroatoms. The van der Waals surface area contributed by atoms with Crippen LogP contribution in [0.25, 0.3) is 0 Å². The fourth-order valence-corrected chi connectivity index (χ4v) is 5.76. The van der Waals surface area contributed by atoms with Gasteiger partial charge in [0.2, 0.25) is 15.9 Å².